The largest absolute Gasteiger partial charge is 0.236 e. The predicted octanol–water partition coefficient (Wildman–Crippen LogP) is 4.07. The first-order valence-corrected chi connectivity index (χ1v) is 5.34. The first kappa shape index (κ1) is 10.7. The first-order valence-electron chi connectivity index (χ1n) is 4.43. The van der Waals surface area contributed by atoms with Gasteiger partial charge in [0.25, 0.3) is 0 Å². The van der Waals surface area contributed by atoms with Gasteiger partial charge in [-0.2, -0.15) is 0 Å². The number of pyridine rings is 1. The molecular weight excluding hydrogens is 236 g/mol. The Morgan fingerprint density at radius 2 is 2.07 bits per heavy atom. The maximum atomic E-state index is 13.3. The van der Waals surface area contributed by atoms with Crippen LogP contribution in [0.15, 0.2) is 18.2 Å². The molecule has 0 saturated heterocycles. The van der Waals surface area contributed by atoms with E-state index in [9.17, 15) is 4.39 Å². The van der Waals surface area contributed by atoms with Gasteiger partial charge in [0.15, 0.2) is 0 Å². The van der Waals surface area contributed by atoms with Gasteiger partial charge >= 0.3 is 0 Å². The Balaban J connectivity index is 2.76. The predicted molar refractivity (Wildman–Crippen MR) is 61.0 cm³/mol. The van der Waals surface area contributed by atoms with Gasteiger partial charge in [0.1, 0.15) is 11.0 Å². The number of aromatic nitrogens is 1. The summed E-state index contributed by atoms with van der Waals surface area (Å²) in [5, 5.41) is 1.19. The van der Waals surface area contributed by atoms with Crippen molar-refractivity contribution < 1.29 is 4.39 Å². The third-order valence-electron chi connectivity index (χ3n) is 2.27. The standard InChI is InChI=1S/C11H8Cl2FN/c1-6-2-7-3-8(5-12)11(13)15-10(7)4-9(6)14/h2-4H,5H2,1H3. The smallest absolute Gasteiger partial charge is 0.134 e. The molecule has 1 heterocycles. The molecule has 4 heteroatoms. The van der Waals surface area contributed by atoms with Gasteiger partial charge in [-0.1, -0.05) is 11.6 Å². The fourth-order valence-electron chi connectivity index (χ4n) is 1.42. The molecule has 0 atom stereocenters. The van der Waals surface area contributed by atoms with E-state index in [4.69, 9.17) is 23.2 Å². The van der Waals surface area contributed by atoms with Gasteiger partial charge in [0, 0.05) is 17.0 Å². The van der Waals surface area contributed by atoms with Gasteiger partial charge in [-0.25, -0.2) is 9.37 Å². The van der Waals surface area contributed by atoms with Crippen LogP contribution in [-0.4, -0.2) is 4.98 Å². The normalized spacial score (nSPS) is 10.9. The molecule has 0 unspecified atom stereocenters. The van der Waals surface area contributed by atoms with Crippen LogP contribution in [0, 0.1) is 12.7 Å². The topological polar surface area (TPSA) is 12.9 Å². The molecular formula is C11H8Cl2FN. The van der Waals surface area contributed by atoms with Crippen LogP contribution in [-0.2, 0) is 5.88 Å². The molecule has 2 rings (SSSR count). The quantitative estimate of drug-likeness (QED) is 0.544. The molecule has 0 fully saturated rings. The van der Waals surface area contributed by atoms with Gasteiger partial charge in [0.05, 0.1) is 11.4 Å². The zero-order valence-electron chi connectivity index (χ0n) is 8.02. The highest BCUT2D eigenvalue weighted by atomic mass is 35.5. The summed E-state index contributed by atoms with van der Waals surface area (Å²) < 4.78 is 13.3. The lowest BCUT2D eigenvalue weighted by Crippen LogP contribution is -1.90. The van der Waals surface area contributed by atoms with Crippen molar-refractivity contribution >= 4 is 34.1 Å². The van der Waals surface area contributed by atoms with Crippen LogP contribution in [0.25, 0.3) is 10.9 Å². The van der Waals surface area contributed by atoms with Gasteiger partial charge in [0.2, 0.25) is 0 Å². The van der Waals surface area contributed by atoms with Crippen LogP contribution >= 0.6 is 23.2 Å². The molecule has 15 heavy (non-hydrogen) atoms. The summed E-state index contributed by atoms with van der Waals surface area (Å²) in [6, 6.07) is 4.96. The molecule has 1 aromatic heterocycles. The van der Waals surface area contributed by atoms with Crippen LogP contribution in [0.1, 0.15) is 11.1 Å². The number of fused-ring (bicyclic) bond motifs is 1. The summed E-state index contributed by atoms with van der Waals surface area (Å²) in [6.45, 7) is 1.71. The lowest BCUT2D eigenvalue weighted by atomic mass is 10.1. The van der Waals surface area contributed by atoms with E-state index in [2.05, 4.69) is 4.98 Å². The maximum Gasteiger partial charge on any atom is 0.134 e. The molecule has 2 aromatic rings. The lowest BCUT2D eigenvalue weighted by Gasteiger charge is -2.04. The highest BCUT2D eigenvalue weighted by Gasteiger charge is 2.06. The summed E-state index contributed by atoms with van der Waals surface area (Å²) in [5.41, 5.74) is 1.90. The van der Waals surface area contributed by atoms with Crippen LogP contribution in [0.4, 0.5) is 4.39 Å². The minimum absolute atomic E-state index is 0.273. The van der Waals surface area contributed by atoms with E-state index in [0.717, 1.165) is 10.9 Å². The fraction of sp³-hybridized carbons (Fsp3) is 0.182. The van der Waals surface area contributed by atoms with Crippen LogP contribution in [0.2, 0.25) is 5.15 Å². The number of benzene rings is 1. The van der Waals surface area contributed by atoms with Gasteiger partial charge in [-0.15, -0.1) is 11.6 Å². The number of hydrogen-bond acceptors (Lipinski definition) is 1. The number of aryl methyl sites for hydroxylation is 1. The molecule has 0 bridgehead atoms. The second-order valence-corrected chi connectivity index (χ2v) is 3.99. The summed E-state index contributed by atoms with van der Waals surface area (Å²) in [7, 11) is 0. The molecule has 0 N–H and O–H groups in total. The Morgan fingerprint density at radius 1 is 1.33 bits per heavy atom. The van der Waals surface area contributed by atoms with E-state index in [1.54, 1.807) is 13.0 Å². The Bertz CT molecular complexity index is 525. The maximum absolute atomic E-state index is 13.3. The Morgan fingerprint density at radius 3 is 2.73 bits per heavy atom. The molecule has 0 aliphatic heterocycles. The first-order chi connectivity index (χ1) is 7.11. The Hall–Kier alpha value is -0.860. The number of rotatable bonds is 1. The minimum Gasteiger partial charge on any atom is -0.236 e. The molecule has 0 amide bonds. The van der Waals surface area contributed by atoms with Crippen molar-refractivity contribution in [2.75, 3.05) is 0 Å². The molecule has 0 saturated carbocycles. The molecule has 0 radical (unpaired) electrons. The van der Waals surface area contributed by atoms with Crippen molar-refractivity contribution in [2.45, 2.75) is 12.8 Å². The molecule has 0 spiro atoms. The van der Waals surface area contributed by atoms with Gasteiger partial charge < -0.3 is 0 Å². The highest BCUT2D eigenvalue weighted by Crippen LogP contribution is 2.24. The zero-order valence-corrected chi connectivity index (χ0v) is 9.53. The molecule has 0 aliphatic carbocycles. The Labute approximate surface area is 96.8 Å². The summed E-state index contributed by atoms with van der Waals surface area (Å²) in [6.07, 6.45) is 0. The zero-order chi connectivity index (χ0) is 11.0. The minimum atomic E-state index is -0.273. The van der Waals surface area contributed by atoms with Crippen LogP contribution in [0.5, 0.6) is 0 Å². The van der Waals surface area contributed by atoms with Crippen molar-refractivity contribution in [1.82, 2.24) is 4.98 Å². The average molecular weight is 244 g/mol. The lowest BCUT2D eigenvalue weighted by molar-refractivity contribution is 0.620. The van der Waals surface area contributed by atoms with Crippen molar-refractivity contribution in [3.8, 4) is 0 Å². The molecule has 78 valence electrons. The molecule has 1 aromatic carbocycles. The van der Waals surface area contributed by atoms with Crippen molar-refractivity contribution in [2.24, 2.45) is 0 Å². The average Bonchev–Trinajstić information content (AvgIpc) is 2.20. The second kappa shape index (κ2) is 3.95. The molecule has 0 aliphatic rings. The van der Waals surface area contributed by atoms with Gasteiger partial charge in [-0.3, -0.25) is 0 Å². The van der Waals surface area contributed by atoms with Crippen LogP contribution in [0.3, 0.4) is 0 Å². The van der Waals surface area contributed by atoms with Crippen molar-refractivity contribution in [3.05, 3.63) is 40.3 Å². The Kier molecular flexibility index (Phi) is 2.81. The monoisotopic (exact) mass is 243 g/mol. The third kappa shape index (κ3) is 1.92. The third-order valence-corrected chi connectivity index (χ3v) is 2.88. The van der Waals surface area contributed by atoms with E-state index >= 15 is 0 Å². The van der Waals surface area contributed by atoms with E-state index in [1.807, 2.05) is 6.07 Å². The van der Waals surface area contributed by atoms with E-state index in [-0.39, 0.29) is 5.82 Å². The van der Waals surface area contributed by atoms with Crippen molar-refractivity contribution in [1.29, 1.82) is 0 Å². The fourth-order valence-corrected chi connectivity index (χ4v) is 1.91. The number of hydrogen-bond donors (Lipinski definition) is 0. The van der Waals surface area contributed by atoms with Crippen molar-refractivity contribution in [3.63, 3.8) is 0 Å². The van der Waals surface area contributed by atoms with Gasteiger partial charge in [-0.05, 0) is 24.6 Å². The highest BCUT2D eigenvalue weighted by molar-refractivity contribution is 6.31. The second-order valence-electron chi connectivity index (χ2n) is 3.37. The summed E-state index contributed by atoms with van der Waals surface area (Å²) in [4.78, 5) is 4.09. The van der Waals surface area contributed by atoms with E-state index in [0.29, 0.717) is 22.1 Å². The number of nitrogens with zero attached hydrogens (tertiary/aromatic N) is 1. The number of alkyl halides is 1. The molecule has 1 nitrogen and oxygen atoms in total. The van der Waals surface area contributed by atoms with E-state index in [1.165, 1.54) is 6.07 Å². The summed E-state index contributed by atoms with van der Waals surface area (Å²) in [5.74, 6) is 0.0303. The SMILES string of the molecule is Cc1cc2cc(CCl)c(Cl)nc2cc1F. The van der Waals surface area contributed by atoms with E-state index < -0.39 is 0 Å². The van der Waals surface area contributed by atoms with Crippen LogP contribution < -0.4 is 0 Å². The summed E-state index contributed by atoms with van der Waals surface area (Å²) >= 11 is 11.6. The number of halogens is 3.